The molecular weight excluding hydrogens is 272 g/mol. The highest BCUT2D eigenvalue weighted by atomic mass is 32.2. The predicted molar refractivity (Wildman–Crippen MR) is 71.1 cm³/mol. The minimum atomic E-state index is -3.48. The van der Waals surface area contributed by atoms with E-state index in [1.54, 1.807) is 0 Å². The standard InChI is InChI=1S/C10H16N4O4S/c1-18-10(15)8-4-3-7(11)9(14-8)13-5-2-6-19(12,16)17/h3-4H,2,5-6,11H2,1H3,(H,13,14)(H2,12,16,17). The van der Waals surface area contributed by atoms with E-state index >= 15 is 0 Å². The molecule has 0 saturated carbocycles. The Bertz CT molecular complexity index is 559. The summed E-state index contributed by atoms with van der Waals surface area (Å²) >= 11 is 0. The van der Waals surface area contributed by atoms with Gasteiger partial charge in [-0.2, -0.15) is 0 Å². The number of aromatic nitrogens is 1. The van der Waals surface area contributed by atoms with Crippen molar-refractivity contribution in [2.75, 3.05) is 30.5 Å². The molecule has 0 aliphatic carbocycles. The number of nitrogens with zero attached hydrogens (tertiary/aromatic N) is 1. The maximum Gasteiger partial charge on any atom is 0.356 e. The fraction of sp³-hybridized carbons (Fsp3) is 0.400. The maximum absolute atomic E-state index is 11.3. The highest BCUT2D eigenvalue weighted by Gasteiger charge is 2.10. The molecule has 1 aromatic heterocycles. The van der Waals surface area contributed by atoms with Gasteiger partial charge in [0.25, 0.3) is 0 Å². The number of sulfonamides is 1. The first kappa shape index (κ1) is 15.2. The third-order valence-corrected chi connectivity index (χ3v) is 3.08. The lowest BCUT2D eigenvalue weighted by atomic mass is 10.3. The number of nitrogens with one attached hydrogen (secondary N) is 1. The molecule has 1 rings (SSSR count). The molecule has 8 nitrogen and oxygen atoms in total. The van der Waals surface area contributed by atoms with Crippen LogP contribution >= 0.6 is 0 Å². The minimum Gasteiger partial charge on any atom is -0.464 e. The van der Waals surface area contributed by atoms with Crippen molar-refractivity contribution >= 4 is 27.5 Å². The lowest BCUT2D eigenvalue weighted by molar-refractivity contribution is 0.0594. The fourth-order valence-corrected chi connectivity index (χ4v) is 1.86. The van der Waals surface area contributed by atoms with Crippen LogP contribution in [-0.4, -0.2) is 38.8 Å². The van der Waals surface area contributed by atoms with E-state index in [-0.39, 0.29) is 11.4 Å². The van der Waals surface area contributed by atoms with Crippen LogP contribution < -0.4 is 16.2 Å². The molecule has 0 unspecified atom stereocenters. The van der Waals surface area contributed by atoms with Crippen molar-refractivity contribution < 1.29 is 17.9 Å². The summed E-state index contributed by atoms with van der Waals surface area (Å²) in [7, 11) is -2.23. The average Bonchev–Trinajstić information content (AvgIpc) is 2.34. The Hall–Kier alpha value is -1.87. The maximum atomic E-state index is 11.3. The molecule has 0 amide bonds. The molecule has 0 fully saturated rings. The second kappa shape index (κ2) is 6.34. The van der Waals surface area contributed by atoms with E-state index in [0.29, 0.717) is 24.5 Å². The zero-order valence-corrected chi connectivity index (χ0v) is 11.2. The zero-order chi connectivity index (χ0) is 14.5. The summed E-state index contributed by atoms with van der Waals surface area (Å²) in [6.07, 6.45) is 0.308. The van der Waals surface area contributed by atoms with Crippen LogP contribution in [0.4, 0.5) is 11.5 Å². The van der Waals surface area contributed by atoms with Crippen LogP contribution in [0.25, 0.3) is 0 Å². The Morgan fingerprint density at radius 2 is 2.16 bits per heavy atom. The highest BCUT2D eigenvalue weighted by molar-refractivity contribution is 7.89. The van der Waals surface area contributed by atoms with Gasteiger partial charge in [-0.15, -0.1) is 0 Å². The van der Waals surface area contributed by atoms with Gasteiger partial charge in [0.2, 0.25) is 10.0 Å². The van der Waals surface area contributed by atoms with Crippen LogP contribution in [0.15, 0.2) is 12.1 Å². The number of ether oxygens (including phenoxy) is 1. The first-order valence-corrected chi connectivity index (χ1v) is 7.14. The summed E-state index contributed by atoms with van der Waals surface area (Å²) in [4.78, 5) is 15.3. The molecule has 1 heterocycles. The monoisotopic (exact) mass is 288 g/mol. The van der Waals surface area contributed by atoms with Gasteiger partial charge in [0, 0.05) is 6.54 Å². The average molecular weight is 288 g/mol. The normalized spacial score (nSPS) is 11.1. The lowest BCUT2D eigenvalue weighted by Gasteiger charge is -2.09. The topological polar surface area (TPSA) is 137 Å². The number of esters is 1. The Kier molecular flexibility index (Phi) is 5.07. The summed E-state index contributed by atoms with van der Waals surface area (Å²) in [6.45, 7) is 0.318. The van der Waals surface area contributed by atoms with Gasteiger partial charge in [0.05, 0.1) is 18.6 Å². The number of carbonyl (C=O) groups excluding carboxylic acids is 1. The number of pyridine rings is 1. The van der Waals surface area contributed by atoms with Crippen LogP contribution in [-0.2, 0) is 14.8 Å². The minimum absolute atomic E-state index is 0.116. The van der Waals surface area contributed by atoms with Crippen LogP contribution in [0.1, 0.15) is 16.9 Å². The number of anilines is 2. The number of hydrogen-bond acceptors (Lipinski definition) is 7. The van der Waals surface area contributed by atoms with Gasteiger partial charge in [-0.1, -0.05) is 0 Å². The molecular formula is C10H16N4O4S. The molecule has 106 valence electrons. The van der Waals surface area contributed by atoms with Crippen LogP contribution in [0.3, 0.4) is 0 Å². The first-order valence-electron chi connectivity index (χ1n) is 5.42. The molecule has 9 heteroatoms. The van der Waals surface area contributed by atoms with E-state index < -0.39 is 16.0 Å². The van der Waals surface area contributed by atoms with Crippen molar-refractivity contribution in [2.24, 2.45) is 5.14 Å². The van der Waals surface area contributed by atoms with Crippen molar-refractivity contribution in [1.82, 2.24) is 4.98 Å². The zero-order valence-electron chi connectivity index (χ0n) is 10.4. The van der Waals surface area contributed by atoms with Crippen LogP contribution in [0, 0.1) is 0 Å². The van der Waals surface area contributed by atoms with Crippen molar-refractivity contribution in [1.29, 1.82) is 0 Å². The molecule has 0 aliphatic heterocycles. The summed E-state index contributed by atoms with van der Waals surface area (Å²) in [5.41, 5.74) is 6.15. The van der Waals surface area contributed by atoms with Gasteiger partial charge in [-0.3, -0.25) is 0 Å². The van der Waals surface area contributed by atoms with Crippen molar-refractivity contribution in [3.05, 3.63) is 17.8 Å². The van der Waals surface area contributed by atoms with Gasteiger partial charge in [-0.25, -0.2) is 23.3 Å². The highest BCUT2D eigenvalue weighted by Crippen LogP contribution is 2.16. The first-order chi connectivity index (χ1) is 8.83. The number of carbonyl (C=O) groups is 1. The largest absolute Gasteiger partial charge is 0.464 e. The second-order valence-corrected chi connectivity index (χ2v) is 5.51. The summed E-state index contributed by atoms with van der Waals surface area (Å²) < 4.78 is 26.0. The summed E-state index contributed by atoms with van der Waals surface area (Å²) in [5, 5.41) is 7.71. The lowest BCUT2D eigenvalue weighted by Crippen LogP contribution is -2.19. The molecule has 0 bridgehead atoms. The van der Waals surface area contributed by atoms with Gasteiger partial charge >= 0.3 is 5.97 Å². The van der Waals surface area contributed by atoms with Gasteiger partial charge in [0.1, 0.15) is 5.82 Å². The number of methoxy groups -OCH3 is 1. The number of hydrogen-bond donors (Lipinski definition) is 3. The summed E-state index contributed by atoms with van der Waals surface area (Å²) in [5.74, 6) is -0.416. The van der Waals surface area contributed by atoms with Crippen molar-refractivity contribution in [2.45, 2.75) is 6.42 Å². The fourth-order valence-electron chi connectivity index (χ4n) is 1.31. The molecule has 0 aliphatic rings. The van der Waals surface area contributed by atoms with E-state index in [9.17, 15) is 13.2 Å². The summed E-state index contributed by atoms with van der Waals surface area (Å²) in [6, 6.07) is 2.96. The Morgan fingerprint density at radius 3 is 2.74 bits per heavy atom. The molecule has 0 atom stereocenters. The molecule has 0 spiro atoms. The molecule has 0 saturated heterocycles. The molecule has 5 N–H and O–H groups in total. The van der Waals surface area contributed by atoms with Gasteiger partial charge in [-0.05, 0) is 18.6 Å². The van der Waals surface area contributed by atoms with Crippen LogP contribution in [0.2, 0.25) is 0 Å². The molecule has 1 aromatic rings. The van der Waals surface area contributed by atoms with Gasteiger partial charge < -0.3 is 15.8 Å². The van der Waals surface area contributed by atoms with E-state index in [1.165, 1.54) is 19.2 Å². The van der Waals surface area contributed by atoms with E-state index in [1.807, 2.05) is 0 Å². The third-order valence-electron chi connectivity index (χ3n) is 2.22. The number of primary sulfonamides is 1. The third kappa shape index (κ3) is 5.10. The van der Waals surface area contributed by atoms with E-state index in [2.05, 4.69) is 15.0 Å². The predicted octanol–water partition coefficient (Wildman–Crippen LogP) is -0.459. The molecule has 0 radical (unpaired) electrons. The second-order valence-electron chi connectivity index (χ2n) is 3.77. The Morgan fingerprint density at radius 1 is 1.47 bits per heavy atom. The number of nitrogens with two attached hydrogens (primary N) is 2. The van der Waals surface area contributed by atoms with E-state index in [0.717, 1.165) is 0 Å². The number of nitrogen functional groups attached to an aromatic ring is 1. The smallest absolute Gasteiger partial charge is 0.356 e. The van der Waals surface area contributed by atoms with E-state index in [4.69, 9.17) is 10.9 Å². The Balaban J connectivity index is 2.65. The molecule has 19 heavy (non-hydrogen) atoms. The van der Waals surface area contributed by atoms with Crippen molar-refractivity contribution in [3.63, 3.8) is 0 Å². The Labute approximate surface area is 111 Å². The quantitative estimate of drug-likeness (QED) is 0.475. The number of rotatable bonds is 6. The molecule has 0 aromatic carbocycles. The van der Waals surface area contributed by atoms with Crippen LogP contribution in [0.5, 0.6) is 0 Å². The SMILES string of the molecule is COC(=O)c1ccc(N)c(NCCCS(N)(=O)=O)n1. The van der Waals surface area contributed by atoms with Gasteiger partial charge in [0.15, 0.2) is 5.69 Å². The van der Waals surface area contributed by atoms with Crippen molar-refractivity contribution in [3.8, 4) is 0 Å².